The summed E-state index contributed by atoms with van der Waals surface area (Å²) in [6, 6.07) is 15.5. The third kappa shape index (κ3) is 7.39. The van der Waals surface area contributed by atoms with Gasteiger partial charge in [-0.1, -0.05) is 0 Å². The summed E-state index contributed by atoms with van der Waals surface area (Å²) in [5.74, 6) is -2.10. The van der Waals surface area contributed by atoms with Gasteiger partial charge < -0.3 is 24.9 Å². The lowest BCUT2D eigenvalue weighted by Crippen LogP contribution is -2.29. The standard InChI is InChI=1S/C30H23F2N5O4.C2H4O2/c1-17-2-11-23(30(40)37(17)21-8-5-19(31)6-9-21)29(39)33-20-7-12-25(24(32)14-20)41-22-10-13-27-34-26(16-36(27)15-22)35-28(38)18-3-4-18;1-2(3)4/h2,5-16,18H,3-4H2,1H3,(H,33,39)(H,35,38);1H3,(H,3,4). The third-order valence-corrected chi connectivity index (χ3v) is 6.65. The Morgan fingerprint density at radius 3 is 2.33 bits per heavy atom. The minimum absolute atomic E-state index is 0.0477. The van der Waals surface area contributed by atoms with Crippen molar-refractivity contribution in [2.24, 2.45) is 5.92 Å². The highest BCUT2D eigenvalue weighted by atomic mass is 19.1. The van der Waals surface area contributed by atoms with Crippen LogP contribution in [-0.4, -0.2) is 36.8 Å². The Kier molecular flexibility index (Phi) is 8.70. The molecule has 0 saturated heterocycles. The van der Waals surface area contributed by atoms with Crippen LogP contribution < -0.4 is 20.9 Å². The van der Waals surface area contributed by atoms with Crippen LogP contribution in [0.4, 0.5) is 20.3 Å². The number of imidazole rings is 1. The molecule has 0 bridgehead atoms. The maximum absolute atomic E-state index is 14.9. The molecule has 0 unspecified atom stereocenters. The van der Waals surface area contributed by atoms with Gasteiger partial charge in [-0.25, -0.2) is 13.8 Å². The Balaban J connectivity index is 0.000000945. The van der Waals surface area contributed by atoms with Crippen LogP contribution in [0.15, 0.2) is 83.9 Å². The molecule has 13 heteroatoms. The van der Waals surface area contributed by atoms with Gasteiger partial charge in [0.15, 0.2) is 17.4 Å². The normalized spacial score (nSPS) is 12.2. The molecule has 1 aliphatic carbocycles. The van der Waals surface area contributed by atoms with Crippen LogP contribution in [0.2, 0.25) is 0 Å². The lowest BCUT2D eigenvalue weighted by atomic mass is 10.2. The Hall–Kier alpha value is -5.85. The second-order valence-corrected chi connectivity index (χ2v) is 10.2. The number of aryl methyl sites for hydroxylation is 1. The molecule has 0 atom stereocenters. The molecule has 45 heavy (non-hydrogen) atoms. The van der Waals surface area contributed by atoms with Crippen LogP contribution in [0.3, 0.4) is 0 Å². The molecule has 11 nitrogen and oxygen atoms in total. The Morgan fingerprint density at radius 1 is 0.956 bits per heavy atom. The second kappa shape index (κ2) is 12.8. The largest absolute Gasteiger partial charge is 0.481 e. The first-order chi connectivity index (χ1) is 21.5. The number of pyridine rings is 2. The molecule has 1 saturated carbocycles. The lowest BCUT2D eigenvalue weighted by molar-refractivity contribution is -0.134. The average molecular weight is 616 g/mol. The van der Waals surface area contributed by atoms with E-state index in [0.717, 1.165) is 25.8 Å². The summed E-state index contributed by atoms with van der Waals surface area (Å²) in [6.45, 7) is 2.77. The van der Waals surface area contributed by atoms with Gasteiger partial charge in [-0.3, -0.25) is 23.7 Å². The van der Waals surface area contributed by atoms with Gasteiger partial charge in [0.05, 0.1) is 12.4 Å². The Bertz CT molecular complexity index is 1980. The van der Waals surface area contributed by atoms with Crippen molar-refractivity contribution in [2.45, 2.75) is 26.7 Å². The monoisotopic (exact) mass is 615 g/mol. The summed E-state index contributed by atoms with van der Waals surface area (Å²) in [5.41, 5.74) is 0.899. The van der Waals surface area contributed by atoms with Crippen molar-refractivity contribution in [3.63, 3.8) is 0 Å². The molecule has 230 valence electrons. The van der Waals surface area contributed by atoms with Crippen LogP contribution >= 0.6 is 0 Å². The zero-order valence-electron chi connectivity index (χ0n) is 24.1. The van der Waals surface area contributed by atoms with Gasteiger partial charge in [0.1, 0.15) is 22.8 Å². The quantitative estimate of drug-likeness (QED) is 0.218. The van der Waals surface area contributed by atoms with Crippen LogP contribution in [0, 0.1) is 24.5 Å². The fraction of sp³-hybridized carbons (Fsp3) is 0.156. The number of aromatic nitrogens is 3. The number of nitrogens with one attached hydrogen (secondary N) is 2. The van der Waals surface area contributed by atoms with Crippen molar-refractivity contribution < 1.29 is 33.0 Å². The number of nitrogens with zero attached hydrogens (tertiary/aromatic N) is 3. The topological polar surface area (TPSA) is 144 Å². The van der Waals surface area contributed by atoms with E-state index in [1.807, 2.05) is 0 Å². The van der Waals surface area contributed by atoms with E-state index in [1.54, 1.807) is 41.9 Å². The van der Waals surface area contributed by atoms with Crippen LogP contribution in [-0.2, 0) is 9.59 Å². The number of fused-ring (bicyclic) bond motifs is 1. The molecule has 0 spiro atoms. The number of rotatable bonds is 7. The van der Waals surface area contributed by atoms with E-state index in [4.69, 9.17) is 14.6 Å². The fourth-order valence-corrected chi connectivity index (χ4v) is 4.37. The molecular formula is C32H27F2N5O6. The Labute approximate surface area is 254 Å². The zero-order chi connectivity index (χ0) is 32.2. The summed E-state index contributed by atoms with van der Waals surface area (Å²) < 4.78 is 37.0. The van der Waals surface area contributed by atoms with Crippen LogP contribution in [0.25, 0.3) is 11.3 Å². The molecule has 3 heterocycles. The molecule has 6 rings (SSSR count). The smallest absolute Gasteiger partial charge is 0.300 e. The van der Waals surface area contributed by atoms with E-state index in [9.17, 15) is 23.2 Å². The van der Waals surface area contributed by atoms with E-state index in [2.05, 4.69) is 15.6 Å². The molecule has 3 N–H and O–H groups in total. The number of anilines is 2. The van der Waals surface area contributed by atoms with Gasteiger partial charge in [0, 0.05) is 36.0 Å². The highest BCUT2D eigenvalue weighted by Gasteiger charge is 2.30. The molecule has 5 aromatic rings. The minimum Gasteiger partial charge on any atom is -0.481 e. The molecule has 0 radical (unpaired) electrons. The highest BCUT2D eigenvalue weighted by Crippen LogP contribution is 2.31. The van der Waals surface area contributed by atoms with Crippen molar-refractivity contribution in [3.05, 3.63) is 112 Å². The van der Waals surface area contributed by atoms with E-state index in [-0.39, 0.29) is 28.8 Å². The first-order valence-electron chi connectivity index (χ1n) is 13.7. The summed E-state index contributed by atoms with van der Waals surface area (Å²) >= 11 is 0. The van der Waals surface area contributed by atoms with Crippen LogP contribution in [0.1, 0.15) is 35.8 Å². The average Bonchev–Trinajstić information content (AvgIpc) is 3.76. The highest BCUT2D eigenvalue weighted by molar-refractivity contribution is 6.04. The fourth-order valence-electron chi connectivity index (χ4n) is 4.37. The number of ether oxygens (including phenoxy) is 1. The number of carbonyl (C=O) groups excluding carboxylic acids is 2. The summed E-state index contributed by atoms with van der Waals surface area (Å²) in [4.78, 5) is 51.4. The molecule has 3 aromatic heterocycles. The molecule has 2 amide bonds. The zero-order valence-corrected chi connectivity index (χ0v) is 24.1. The van der Waals surface area contributed by atoms with Gasteiger partial charge in [0.25, 0.3) is 17.4 Å². The molecule has 0 aliphatic heterocycles. The Morgan fingerprint density at radius 2 is 1.67 bits per heavy atom. The number of carboxylic acid groups (broad SMARTS) is 1. The first kappa shape index (κ1) is 30.6. The number of amides is 2. The van der Waals surface area contributed by atoms with E-state index in [1.165, 1.54) is 47.0 Å². The van der Waals surface area contributed by atoms with Crippen molar-refractivity contribution in [1.29, 1.82) is 0 Å². The SMILES string of the molecule is CC(=O)O.Cc1ccc(C(=O)Nc2ccc(Oc3ccc4nc(NC(=O)C5CC5)cn4c3)c(F)c2)c(=O)n1-c1ccc(F)cc1. The van der Waals surface area contributed by atoms with E-state index < -0.39 is 29.1 Å². The number of carboxylic acids is 1. The predicted molar refractivity (Wildman–Crippen MR) is 161 cm³/mol. The third-order valence-electron chi connectivity index (χ3n) is 6.65. The van der Waals surface area contributed by atoms with Crippen molar-refractivity contribution >= 4 is 34.9 Å². The van der Waals surface area contributed by atoms with Crippen molar-refractivity contribution in [2.75, 3.05) is 10.6 Å². The molecule has 1 fully saturated rings. The second-order valence-electron chi connectivity index (χ2n) is 10.2. The van der Waals surface area contributed by atoms with Gasteiger partial charge in [-0.15, -0.1) is 0 Å². The van der Waals surface area contributed by atoms with Gasteiger partial charge in [-0.05, 0) is 80.4 Å². The van der Waals surface area contributed by atoms with Crippen molar-refractivity contribution in [1.82, 2.24) is 14.0 Å². The lowest BCUT2D eigenvalue weighted by Gasteiger charge is -2.13. The van der Waals surface area contributed by atoms with Crippen LogP contribution in [0.5, 0.6) is 11.5 Å². The number of hydrogen-bond acceptors (Lipinski definition) is 6. The number of hydrogen-bond donors (Lipinski definition) is 3. The first-order valence-corrected chi connectivity index (χ1v) is 13.7. The maximum Gasteiger partial charge on any atom is 0.300 e. The van der Waals surface area contributed by atoms with Crippen molar-refractivity contribution in [3.8, 4) is 17.2 Å². The molecular weight excluding hydrogens is 588 g/mol. The van der Waals surface area contributed by atoms with E-state index in [0.29, 0.717) is 28.6 Å². The molecule has 2 aromatic carbocycles. The maximum atomic E-state index is 14.9. The number of halogens is 2. The number of aliphatic carboxylic acids is 1. The van der Waals surface area contributed by atoms with Gasteiger partial charge >= 0.3 is 0 Å². The number of benzene rings is 2. The summed E-state index contributed by atoms with van der Waals surface area (Å²) in [7, 11) is 0. The predicted octanol–water partition coefficient (Wildman–Crippen LogP) is 5.56. The minimum atomic E-state index is -0.833. The van der Waals surface area contributed by atoms with Gasteiger partial charge in [0.2, 0.25) is 5.91 Å². The van der Waals surface area contributed by atoms with E-state index >= 15 is 0 Å². The summed E-state index contributed by atoms with van der Waals surface area (Å²) in [6.07, 6.45) is 5.02. The van der Waals surface area contributed by atoms with Gasteiger partial charge in [-0.2, -0.15) is 0 Å². The number of carbonyl (C=O) groups is 3. The summed E-state index contributed by atoms with van der Waals surface area (Å²) in [5, 5.41) is 12.7. The molecule has 1 aliphatic rings.